The second-order valence-corrected chi connectivity index (χ2v) is 7.75. The highest BCUT2D eigenvalue weighted by Gasteiger charge is 2.35. The second kappa shape index (κ2) is 7.56. The number of allylic oxidation sites excluding steroid dienone is 1. The van der Waals surface area contributed by atoms with Crippen molar-refractivity contribution >= 4 is 40.2 Å². The zero-order chi connectivity index (χ0) is 21.5. The summed E-state index contributed by atoms with van der Waals surface area (Å²) >= 11 is 6.59. The topological polar surface area (TPSA) is 59.0 Å². The monoisotopic (exact) mass is 432 g/mol. The van der Waals surface area contributed by atoms with E-state index in [-0.39, 0.29) is 11.7 Å². The molecule has 7 heteroatoms. The molecule has 31 heavy (non-hydrogen) atoms. The minimum absolute atomic E-state index is 0.301. The van der Waals surface area contributed by atoms with Gasteiger partial charge in [0.2, 0.25) is 5.95 Å². The number of rotatable bonds is 3. The number of benzene rings is 3. The van der Waals surface area contributed by atoms with Crippen molar-refractivity contribution < 1.29 is 9.18 Å². The quantitative estimate of drug-likeness (QED) is 0.433. The molecule has 5 rings (SSSR count). The van der Waals surface area contributed by atoms with Gasteiger partial charge in [0, 0.05) is 16.4 Å². The number of fused-ring (bicyclic) bond motifs is 3. The number of halogens is 2. The van der Waals surface area contributed by atoms with Gasteiger partial charge >= 0.3 is 0 Å². The molecule has 5 nitrogen and oxygen atoms in total. The lowest BCUT2D eigenvalue weighted by Gasteiger charge is -2.31. The predicted molar refractivity (Wildman–Crippen MR) is 121 cm³/mol. The number of amides is 1. The number of imidazole rings is 1. The third-order valence-corrected chi connectivity index (χ3v) is 5.72. The maximum absolute atomic E-state index is 13.4. The molecule has 2 N–H and O–H groups in total. The summed E-state index contributed by atoms with van der Waals surface area (Å²) in [5.41, 5.74) is 4.18. The van der Waals surface area contributed by atoms with Gasteiger partial charge in [0.15, 0.2) is 0 Å². The van der Waals surface area contributed by atoms with E-state index >= 15 is 0 Å². The summed E-state index contributed by atoms with van der Waals surface area (Å²) in [5.74, 6) is -0.0249. The molecular weight excluding hydrogens is 415 g/mol. The molecule has 0 fully saturated rings. The number of aromatic nitrogens is 2. The smallest absolute Gasteiger partial charge is 0.255 e. The molecule has 2 heterocycles. The SMILES string of the molecule is CC1=C(C(=O)Nc2ccc(F)cc2)C(c2ccccc2Cl)n2c(nc3ccccc32)N1. The first-order valence-electron chi connectivity index (χ1n) is 9.79. The van der Waals surface area contributed by atoms with Gasteiger partial charge in [0.1, 0.15) is 5.82 Å². The first-order chi connectivity index (χ1) is 15.0. The van der Waals surface area contributed by atoms with E-state index in [1.807, 2.05) is 60.0 Å². The zero-order valence-corrected chi connectivity index (χ0v) is 17.3. The molecule has 0 saturated carbocycles. The Hall–Kier alpha value is -3.64. The van der Waals surface area contributed by atoms with E-state index in [4.69, 9.17) is 16.6 Å². The molecule has 1 aromatic heterocycles. The van der Waals surface area contributed by atoms with E-state index in [9.17, 15) is 9.18 Å². The van der Waals surface area contributed by atoms with Gasteiger partial charge in [0.25, 0.3) is 5.91 Å². The number of anilines is 2. The summed E-state index contributed by atoms with van der Waals surface area (Å²) in [6.07, 6.45) is 0. The van der Waals surface area contributed by atoms with Crippen molar-refractivity contribution in [3.8, 4) is 0 Å². The Morgan fingerprint density at radius 2 is 1.77 bits per heavy atom. The first kappa shape index (κ1) is 19.3. The van der Waals surface area contributed by atoms with Crippen molar-refractivity contribution in [3.05, 3.63) is 100 Å². The Morgan fingerprint density at radius 1 is 1.06 bits per heavy atom. The van der Waals surface area contributed by atoms with Crippen LogP contribution < -0.4 is 10.6 Å². The molecule has 3 aromatic carbocycles. The standard InChI is InChI=1S/C24H18ClFN4O/c1-14-21(23(31)28-16-12-10-15(26)11-13-16)22(17-6-2-3-7-18(17)25)30-20-9-5-4-8-19(20)29-24(30)27-14/h2-13,22H,1H3,(H,27,29)(H,28,31). The van der Waals surface area contributed by atoms with Crippen molar-refractivity contribution in [1.82, 2.24) is 9.55 Å². The van der Waals surface area contributed by atoms with Crippen molar-refractivity contribution in [3.63, 3.8) is 0 Å². The van der Waals surface area contributed by atoms with Crippen LogP contribution in [0.4, 0.5) is 16.0 Å². The van der Waals surface area contributed by atoms with Crippen LogP contribution in [0.5, 0.6) is 0 Å². The molecule has 0 spiro atoms. The van der Waals surface area contributed by atoms with Gasteiger partial charge in [-0.05, 0) is 55.0 Å². The van der Waals surface area contributed by atoms with Crippen LogP contribution in [-0.2, 0) is 4.79 Å². The highest BCUT2D eigenvalue weighted by Crippen LogP contribution is 2.41. The third kappa shape index (κ3) is 3.35. The molecule has 1 aliphatic rings. The molecule has 0 aliphatic carbocycles. The number of para-hydroxylation sites is 2. The number of nitrogens with one attached hydrogen (secondary N) is 2. The van der Waals surface area contributed by atoms with Gasteiger partial charge in [-0.2, -0.15) is 0 Å². The van der Waals surface area contributed by atoms with Crippen LogP contribution in [0.3, 0.4) is 0 Å². The lowest BCUT2D eigenvalue weighted by Crippen LogP contribution is -2.31. The fourth-order valence-electron chi connectivity index (χ4n) is 3.98. The number of hydrogen-bond acceptors (Lipinski definition) is 3. The van der Waals surface area contributed by atoms with Gasteiger partial charge in [-0.3, -0.25) is 9.36 Å². The number of nitrogens with zero attached hydrogens (tertiary/aromatic N) is 2. The Kier molecular flexibility index (Phi) is 4.71. The minimum atomic E-state index is -0.488. The average Bonchev–Trinajstić information content (AvgIpc) is 3.12. The Morgan fingerprint density at radius 3 is 2.55 bits per heavy atom. The average molecular weight is 433 g/mol. The third-order valence-electron chi connectivity index (χ3n) is 5.38. The van der Waals surface area contributed by atoms with E-state index in [0.29, 0.717) is 27.9 Å². The lowest BCUT2D eigenvalue weighted by atomic mass is 9.94. The predicted octanol–water partition coefficient (Wildman–Crippen LogP) is 5.76. The molecule has 4 aromatic rings. The Labute approximate surface area is 183 Å². The summed E-state index contributed by atoms with van der Waals surface area (Å²) in [5, 5.41) is 6.69. The van der Waals surface area contributed by atoms with Crippen LogP contribution in [0.2, 0.25) is 5.02 Å². The van der Waals surface area contributed by atoms with Crippen molar-refractivity contribution in [2.75, 3.05) is 10.6 Å². The van der Waals surface area contributed by atoms with Gasteiger partial charge in [-0.25, -0.2) is 9.37 Å². The van der Waals surface area contributed by atoms with E-state index in [1.165, 1.54) is 24.3 Å². The fourth-order valence-corrected chi connectivity index (χ4v) is 4.22. The molecule has 1 unspecified atom stereocenters. The molecule has 0 bridgehead atoms. The van der Waals surface area contributed by atoms with E-state index < -0.39 is 6.04 Å². The van der Waals surface area contributed by atoms with Crippen LogP contribution >= 0.6 is 11.6 Å². The largest absolute Gasteiger partial charge is 0.329 e. The summed E-state index contributed by atoms with van der Waals surface area (Å²) in [6, 6.07) is 20.4. The summed E-state index contributed by atoms with van der Waals surface area (Å²) in [7, 11) is 0. The summed E-state index contributed by atoms with van der Waals surface area (Å²) in [6.45, 7) is 1.84. The Bertz CT molecular complexity index is 1340. The number of hydrogen-bond donors (Lipinski definition) is 2. The van der Waals surface area contributed by atoms with Gasteiger partial charge < -0.3 is 10.6 Å². The van der Waals surface area contributed by atoms with Crippen molar-refractivity contribution in [1.29, 1.82) is 0 Å². The second-order valence-electron chi connectivity index (χ2n) is 7.34. The van der Waals surface area contributed by atoms with Crippen LogP contribution in [0, 0.1) is 5.82 Å². The molecule has 0 saturated heterocycles. The first-order valence-corrected chi connectivity index (χ1v) is 10.2. The van der Waals surface area contributed by atoms with Crippen LogP contribution in [0.15, 0.2) is 84.1 Å². The van der Waals surface area contributed by atoms with E-state index in [2.05, 4.69) is 10.6 Å². The maximum atomic E-state index is 13.4. The van der Waals surface area contributed by atoms with E-state index in [1.54, 1.807) is 0 Å². The molecular formula is C24H18ClFN4O. The maximum Gasteiger partial charge on any atom is 0.255 e. The fraction of sp³-hybridized carbons (Fsp3) is 0.0833. The van der Waals surface area contributed by atoms with E-state index in [0.717, 1.165) is 16.6 Å². The van der Waals surface area contributed by atoms with Crippen molar-refractivity contribution in [2.24, 2.45) is 0 Å². The van der Waals surface area contributed by atoms with Crippen LogP contribution in [-0.4, -0.2) is 15.5 Å². The number of carbonyl (C=O) groups is 1. The molecule has 0 radical (unpaired) electrons. The molecule has 1 amide bonds. The number of carbonyl (C=O) groups excluding carboxylic acids is 1. The molecule has 1 aliphatic heterocycles. The summed E-state index contributed by atoms with van der Waals surface area (Å²) in [4.78, 5) is 18.1. The highest BCUT2D eigenvalue weighted by atomic mass is 35.5. The van der Waals surface area contributed by atoms with Gasteiger partial charge in [0.05, 0.1) is 22.6 Å². The molecule has 1 atom stereocenters. The van der Waals surface area contributed by atoms with Gasteiger partial charge in [-0.1, -0.05) is 41.9 Å². The minimum Gasteiger partial charge on any atom is -0.329 e. The lowest BCUT2D eigenvalue weighted by molar-refractivity contribution is -0.113. The van der Waals surface area contributed by atoms with Crippen LogP contribution in [0.1, 0.15) is 18.5 Å². The Balaban J connectivity index is 1.67. The van der Waals surface area contributed by atoms with Crippen molar-refractivity contribution in [2.45, 2.75) is 13.0 Å². The molecule has 154 valence electrons. The highest BCUT2D eigenvalue weighted by molar-refractivity contribution is 6.31. The summed E-state index contributed by atoms with van der Waals surface area (Å²) < 4.78 is 15.3. The van der Waals surface area contributed by atoms with Gasteiger partial charge in [-0.15, -0.1) is 0 Å². The zero-order valence-electron chi connectivity index (χ0n) is 16.6. The normalized spacial score (nSPS) is 15.5. The van der Waals surface area contributed by atoms with Crippen LogP contribution in [0.25, 0.3) is 11.0 Å².